The summed E-state index contributed by atoms with van der Waals surface area (Å²) >= 11 is 0. The number of hydrogen-bond donors (Lipinski definition) is 1. The van der Waals surface area contributed by atoms with Crippen LogP contribution >= 0.6 is 0 Å². The molecule has 0 aliphatic rings. The fourth-order valence-electron chi connectivity index (χ4n) is 1.94. The van der Waals surface area contributed by atoms with Gasteiger partial charge in [-0.05, 0) is 36.2 Å². The average Bonchev–Trinajstić information content (AvgIpc) is 2.61. The van der Waals surface area contributed by atoms with E-state index in [4.69, 9.17) is 14.2 Å². The van der Waals surface area contributed by atoms with Crippen LogP contribution in [0.2, 0.25) is 0 Å². The van der Waals surface area contributed by atoms with E-state index >= 15 is 0 Å². The maximum Gasteiger partial charge on any atom is 0.427 e. The summed E-state index contributed by atoms with van der Waals surface area (Å²) in [5.74, 6) is 1.22. The van der Waals surface area contributed by atoms with Gasteiger partial charge in [0.15, 0.2) is 11.5 Å². The molecule has 0 heterocycles. The first kappa shape index (κ1) is 17.3. The van der Waals surface area contributed by atoms with Crippen molar-refractivity contribution in [2.24, 2.45) is 5.10 Å². The molecular weight excluding hydrogens is 308 g/mol. The van der Waals surface area contributed by atoms with Crippen molar-refractivity contribution in [3.05, 3.63) is 59.7 Å². The number of carbonyl (C=O) groups is 1. The van der Waals surface area contributed by atoms with Crippen LogP contribution in [0.1, 0.15) is 18.1 Å². The Morgan fingerprint density at radius 3 is 2.67 bits per heavy atom. The lowest BCUT2D eigenvalue weighted by molar-refractivity contribution is 0.152. The summed E-state index contributed by atoms with van der Waals surface area (Å²) in [6.45, 7) is 2.47. The van der Waals surface area contributed by atoms with Crippen LogP contribution in [0.15, 0.2) is 53.6 Å². The van der Waals surface area contributed by atoms with Crippen molar-refractivity contribution in [3.63, 3.8) is 0 Å². The molecule has 0 aliphatic carbocycles. The van der Waals surface area contributed by atoms with Crippen LogP contribution in [0.3, 0.4) is 0 Å². The molecule has 0 atom stereocenters. The molecule has 24 heavy (non-hydrogen) atoms. The molecule has 0 radical (unpaired) electrons. The molecule has 0 saturated heterocycles. The second-order valence-corrected chi connectivity index (χ2v) is 4.78. The second-order valence-electron chi connectivity index (χ2n) is 4.78. The summed E-state index contributed by atoms with van der Waals surface area (Å²) in [6.07, 6.45) is 0.906. The highest BCUT2D eigenvalue weighted by molar-refractivity contribution is 5.82. The summed E-state index contributed by atoms with van der Waals surface area (Å²) in [6, 6.07) is 15.3. The van der Waals surface area contributed by atoms with E-state index in [9.17, 15) is 4.79 Å². The Kier molecular flexibility index (Phi) is 6.64. The summed E-state index contributed by atoms with van der Waals surface area (Å²) in [7, 11) is 1.57. The predicted molar refractivity (Wildman–Crippen MR) is 91.5 cm³/mol. The molecule has 6 heteroatoms. The monoisotopic (exact) mass is 328 g/mol. The first-order chi connectivity index (χ1) is 11.7. The van der Waals surface area contributed by atoms with Crippen LogP contribution in [0, 0.1) is 0 Å². The lowest BCUT2D eigenvalue weighted by atomic mass is 10.2. The third-order valence-electron chi connectivity index (χ3n) is 3.07. The topological polar surface area (TPSA) is 69.2 Å². The Bertz CT molecular complexity index is 687. The molecule has 0 bridgehead atoms. The standard InChI is InChI=1S/C18H20N2O4/c1-3-23-18(21)20-19-12-15-9-10-16(17(11-15)22-2)24-13-14-7-5-4-6-8-14/h4-12H,3,13H2,1-2H3,(H,20,21)/b19-12-. The predicted octanol–water partition coefficient (Wildman–Crippen LogP) is 3.35. The summed E-state index contributed by atoms with van der Waals surface area (Å²) in [5.41, 5.74) is 4.10. The molecule has 0 saturated carbocycles. The van der Waals surface area contributed by atoms with Crippen LogP contribution in [-0.4, -0.2) is 26.0 Å². The van der Waals surface area contributed by atoms with Crippen molar-refractivity contribution in [1.82, 2.24) is 5.43 Å². The Labute approximate surface area is 141 Å². The highest BCUT2D eigenvalue weighted by Crippen LogP contribution is 2.28. The molecule has 0 spiro atoms. The van der Waals surface area contributed by atoms with E-state index in [-0.39, 0.29) is 0 Å². The van der Waals surface area contributed by atoms with Gasteiger partial charge < -0.3 is 14.2 Å². The number of rotatable bonds is 7. The number of amides is 1. The SMILES string of the molecule is CCOC(=O)N/N=C\c1ccc(OCc2ccccc2)c(OC)c1. The molecule has 126 valence electrons. The van der Waals surface area contributed by atoms with E-state index in [2.05, 4.69) is 10.5 Å². The number of hydrazone groups is 1. The van der Waals surface area contributed by atoms with Crippen molar-refractivity contribution >= 4 is 12.3 Å². The highest BCUT2D eigenvalue weighted by Gasteiger charge is 2.06. The maximum atomic E-state index is 11.1. The van der Waals surface area contributed by atoms with E-state index in [1.807, 2.05) is 36.4 Å². The maximum absolute atomic E-state index is 11.1. The van der Waals surface area contributed by atoms with Crippen molar-refractivity contribution in [3.8, 4) is 11.5 Å². The van der Waals surface area contributed by atoms with Crippen molar-refractivity contribution < 1.29 is 19.0 Å². The van der Waals surface area contributed by atoms with E-state index in [1.54, 1.807) is 26.2 Å². The minimum absolute atomic E-state index is 0.294. The smallest absolute Gasteiger partial charge is 0.427 e. The summed E-state index contributed by atoms with van der Waals surface area (Å²) in [5, 5.41) is 3.81. The fourth-order valence-corrected chi connectivity index (χ4v) is 1.94. The molecule has 6 nitrogen and oxygen atoms in total. The van der Waals surface area contributed by atoms with Gasteiger partial charge in [0.05, 0.1) is 19.9 Å². The van der Waals surface area contributed by atoms with Crippen LogP contribution in [0.5, 0.6) is 11.5 Å². The number of methoxy groups -OCH3 is 1. The van der Waals surface area contributed by atoms with Gasteiger partial charge in [0.25, 0.3) is 0 Å². The fraction of sp³-hybridized carbons (Fsp3) is 0.222. The number of ether oxygens (including phenoxy) is 3. The van der Waals surface area contributed by atoms with E-state index < -0.39 is 6.09 Å². The summed E-state index contributed by atoms with van der Waals surface area (Å²) in [4.78, 5) is 11.1. The summed E-state index contributed by atoms with van der Waals surface area (Å²) < 4.78 is 15.8. The minimum Gasteiger partial charge on any atom is -0.493 e. The quantitative estimate of drug-likeness (QED) is 0.625. The van der Waals surface area contributed by atoms with Gasteiger partial charge in [-0.25, -0.2) is 10.2 Å². The molecule has 1 amide bonds. The molecule has 2 rings (SSSR count). The van der Waals surface area contributed by atoms with E-state index in [0.29, 0.717) is 24.7 Å². The molecule has 0 unspecified atom stereocenters. The van der Waals surface area contributed by atoms with Gasteiger partial charge in [0.1, 0.15) is 6.61 Å². The number of hydrogen-bond acceptors (Lipinski definition) is 5. The zero-order valence-corrected chi connectivity index (χ0v) is 13.7. The van der Waals surface area contributed by atoms with Crippen LogP contribution in [0.25, 0.3) is 0 Å². The van der Waals surface area contributed by atoms with Gasteiger partial charge >= 0.3 is 6.09 Å². The van der Waals surface area contributed by atoms with E-state index in [1.165, 1.54) is 6.21 Å². The third-order valence-corrected chi connectivity index (χ3v) is 3.07. The highest BCUT2D eigenvalue weighted by atomic mass is 16.5. The van der Waals surface area contributed by atoms with Crippen LogP contribution < -0.4 is 14.9 Å². The number of nitrogens with zero attached hydrogens (tertiary/aromatic N) is 1. The van der Waals surface area contributed by atoms with Crippen LogP contribution in [-0.2, 0) is 11.3 Å². The average molecular weight is 328 g/mol. The van der Waals surface area contributed by atoms with Gasteiger partial charge in [-0.15, -0.1) is 0 Å². The molecule has 1 N–H and O–H groups in total. The van der Waals surface area contributed by atoms with Gasteiger partial charge in [-0.2, -0.15) is 5.10 Å². The molecular formula is C18H20N2O4. The first-order valence-corrected chi connectivity index (χ1v) is 7.53. The molecule has 0 aromatic heterocycles. The Morgan fingerprint density at radius 2 is 1.96 bits per heavy atom. The Balaban J connectivity index is 1.99. The van der Waals surface area contributed by atoms with Gasteiger partial charge in [-0.3, -0.25) is 0 Å². The lowest BCUT2D eigenvalue weighted by Crippen LogP contribution is -2.18. The van der Waals surface area contributed by atoms with Gasteiger partial charge in [0, 0.05) is 0 Å². The Hall–Kier alpha value is -3.02. The largest absolute Gasteiger partial charge is 0.493 e. The number of carbonyl (C=O) groups excluding carboxylic acids is 1. The van der Waals surface area contributed by atoms with Crippen molar-refractivity contribution in [2.45, 2.75) is 13.5 Å². The molecule has 2 aromatic carbocycles. The number of nitrogens with one attached hydrogen (secondary N) is 1. The van der Waals surface area contributed by atoms with Crippen molar-refractivity contribution in [2.75, 3.05) is 13.7 Å². The van der Waals surface area contributed by atoms with E-state index in [0.717, 1.165) is 11.1 Å². The van der Waals surface area contributed by atoms with Crippen molar-refractivity contribution in [1.29, 1.82) is 0 Å². The van der Waals surface area contributed by atoms with Gasteiger partial charge in [-0.1, -0.05) is 30.3 Å². The number of benzene rings is 2. The minimum atomic E-state index is -0.594. The van der Waals surface area contributed by atoms with Crippen LogP contribution in [0.4, 0.5) is 4.79 Å². The molecule has 0 fully saturated rings. The second kappa shape index (κ2) is 9.19. The van der Waals surface area contributed by atoms with Gasteiger partial charge in [0.2, 0.25) is 0 Å². The molecule has 0 aliphatic heterocycles. The zero-order chi connectivity index (χ0) is 17.2. The Morgan fingerprint density at radius 1 is 1.17 bits per heavy atom. The molecule has 2 aromatic rings. The first-order valence-electron chi connectivity index (χ1n) is 7.53. The normalized spacial score (nSPS) is 10.4. The zero-order valence-electron chi connectivity index (χ0n) is 13.7. The third kappa shape index (κ3) is 5.31. The lowest BCUT2D eigenvalue weighted by Gasteiger charge is -2.11.